The summed E-state index contributed by atoms with van der Waals surface area (Å²) in [6.45, 7) is 1.99. The van der Waals surface area contributed by atoms with E-state index in [1.807, 2.05) is 31.4 Å². The molecule has 1 nitrogen and oxygen atoms in total. The van der Waals surface area contributed by atoms with Crippen LogP contribution in [0.5, 0.6) is 0 Å². The van der Waals surface area contributed by atoms with E-state index in [-0.39, 0.29) is 0 Å². The van der Waals surface area contributed by atoms with E-state index in [9.17, 15) is 0 Å². The maximum atomic E-state index is 8.71. The van der Waals surface area contributed by atoms with Crippen LogP contribution in [-0.4, -0.2) is 6.26 Å². The van der Waals surface area contributed by atoms with Crippen LogP contribution in [0.15, 0.2) is 23.1 Å². The number of benzene rings is 1. The minimum absolute atomic E-state index is 0.775. The maximum absolute atomic E-state index is 8.71. The van der Waals surface area contributed by atoms with Gasteiger partial charge in [-0.1, -0.05) is 6.07 Å². The van der Waals surface area contributed by atoms with Crippen LogP contribution in [0.2, 0.25) is 0 Å². The molecule has 0 amide bonds. The van der Waals surface area contributed by atoms with Gasteiger partial charge in [0.1, 0.15) is 6.07 Å². The molecule has 0 fully saturated rings. The number of hydrogen-bond donors (Lipinski definition) is 0. The van der Waals surface area contributed by atoms with Gasteiger partial charge in [0, 0.05) is 4.90 Å². The Hall–Kier alpha value is -0.940. The molecule has 0 bridgehead atoms. The molecule has 0 aliphatic rings. The van der Waals surface area contributed by atoms with Crippen molar-refractivity contribution in [1.82, 2.24) is 0 Å². The van der Waals surface area contributed by atoms with Crippen LogP contribution < -0.4 is 0 Å². The predicted molar refractivity (Wildman–Crippen MR) is 47.7 cm³/mol. The Morgan fingerprint density at radius 3 is 2.73 bits per heavy atom. The average Bonchev–Trinajstić information content (AvgIpc) is 2.04. The lowest BCUT2D eigenvalue weighted by Crippen LogP contribution is -1.81. The van der Waals surface area contributed by atoms with Crippen molar-refractivity contribution in [1.29, 1.82) is 5.26 Å². The number of rotatable bonds is 1. The Balaban J connectivity index is 3.19. The molecule has 0 saturated carbocycles. The summed E-state index contributed by atoms with van der Waals surface area (Å²) >= 11 is 1.61. The van der Waals surface area contributed by atoms with Gasteiger partial charge in [-0.2, -0.15) is 5.26 Å². The molecule has 0 aromatic heterocycles. The number of aryl methyl sites for hydroxylation is 1. The number of nitriles is 1. The Kier molecular flexibility index (Phi) is 2.56. The molecule has 56 valence electrons. The van der Waals surface area contributed by atoms with Crippen molar-refractivity contribution in [3.05, 3.63) is 29.3 Å². The molecule has 0 spiro atoms. The summed E-state index contributed by atoms with van der Waals surface area (Å²) in [7, 11) is 0. The van der Waals surface area contributed by atoms with E-state index in [1.54, 1.807) is 11.8 Å². The van der Waals surface area contributed by atoms with Gasteiger partial charge in [-0.05, 0) is 30.9 Å². The standard InChI is InChI=1S/C9H9NS/c1-7-3-4-9(11-2)8(5-7)6-10/h3-5H,1-2H3. The van der Waals surface area contributed by atoms with Gasteiger partial charge >= 0.3 is 0 Å². The fraction of sp³-hybridized carbons (Fsp3) is 0.222. The summed E-state index contributed by atoms with van der Waals surface area (Å²) in [5.41, 5.74) is 1.91. The van der Waals surface area contributed by atoms with Crippen molar-refractivity contribution in [2.45, 2.75) is 11.8 Å². The van der Waals surface area contributed by atoms with Gasteiger partial charge in [-0.25, -0.2) is 0 Å². The lowest BCUT2D eigenvalue weighted by molar-refractivity contribution is 1.32. The second-order valence-electron chi connectivity index (χ2n) is 2.32. The van der Waals surface area contributed by atoms with E-state index < -0.39 is 0 Å². The quantitative estimate of drug-likeness (QED) is 0.594. The molecule has 0 saturated heterocycles. The maximum Gasteiger partial charge on any atom is 0.100 e. The zero-order valence-electron chi connectivity index (χ0n) is 6.59. The van der Waals surface area contributed by atoms with Crippen molar-refractivity contribution in [2.24, 2.45) is 0 Å². The smallest absolute Gasteiger partial charge is 0.100 e. The highest BCUT2D eigenvalue weighted by atomic mass is 32.2. The highest BCUT2D eigenvalue weighted by Crippen LogP contribution is 2.20. The molecule has 0 N–H and O–H groups in total. The number of thioether (sulfide) groups is 1. The Morgan fingerprint density at radius 2 is 2.18 bits per heavy atom. The van der Waals surface area contributed by atoms with E-state index in [0.717, 1.165) is 16.0 Å². The topological polar surface area (TPSA) is 23.8 Å². The highest BCUT2D eigenvalue weighted by molar-refractivity contribution is 7.98. The lowest BCUT2D eigenvalue weighted by Gasteiger charge is -1.99. The number of hydrogen-bond acceptors (Lipinski definition) is 2. The average molecular weight is 163 g/mol. The number of nitrogens with zero attached hydrogens (tertiary/aromatic N) is 1. The van der Waals surface area contributed by atoms with Crippen LogP contribution in [0.3, 0.4) is 0 Å². The predicted octanol–water partition coefficient (Wildman–Crippen LogP) is 2.59. The van der Waals surface area contributed by atoms with Gasteiger partial charge in [0.25, 0.3) is 0 Å². The second-order valence-corrected chi connectivity index (χ2v) is 3.16. The first-order chi connectivity index (χ1) is 5.27. The van der Waals surface area contributed by atoms with Gasteiger partial charge in [0.15, 0.2) is 0 Å². The van der Waals surface area contributed by atoms with Crippen LogP contribution in [0.25, 0.3) is 0 Å². The van der Waals surface area contributed by atoms with Gasteiger partial charge in [0.05, 0.1) is 5.56 Å². The normalized spacial score (nSPS) is 9.18. The van der Waals surface area contributed by atoms with Crippen molar-refractivity contribution in [2.75, 3.05) is 6.26 Å². The van der Waals surface area contributed by atoms with E-state index >= 15 is 0 Å². The second kappa shape index (κ2) is 3.45. The van der Waals surface area contributed by atoms with Gasteiger partial charge in [0.2, 0.25) is 0 Å². The summed E-state index contributed by atoms with van der Waals surface area (Å²) in [6, 6.07) is 8.08. The van der Waals surface area contributed by atoms with Crippen LogP contribution in [0, 0.1) is 18.3 Å². The van der Waals surface area contributed by atoms with Crippen LogP contribution >= 0.6 is 11.8 Å². The van der Waals surface area contributed by atoms with Crippen LogP contribution in [0.4, 0.5) is 0 Å². The molecule has 2 heteroatoms. The van der Waals surface area contributed by atoms with Crippen LogP contribution in [-0.2, 0) is 0 Å². The minimum Gasteiger partial charge on any atom is -0.192 e. The third-order valence-corrected chi connectivity index (χ3v) is 2.27. The molecule has 0 aliphatic heterocycles. The Bertz CT molecular complexity index is 299. The summed E-state index contributed by atoms with van der Waals surface area (Å²) in [6.07, 6.45) is 1.98. The largest absolute Gasteiger partial charge is 0.192 e. The van der Waals surface area contributed by atoms with Crippen molar-refractivity contribution >= 4 is 11.8 Å². The van der Waals surface area contributed by atoms with Crippen molar-refractivity contribution in [3.8, 4) is 6.07 Å². The van der Waals surface area contributed by atoms with Gasteiger partial charge in [-0.3, -0.25) is 0 Å². The van der Waals surface area contributed by atoms with Crippen molar-refractivity contribution in [3.63, 3.8) is 0 Å². The van der Waals surface area contributed by atoms with E-state index in [0.29, 0.717) is 0 Å². The summed E-state index contributed by atoms with van der Waals surface area (Å²) < 4.78 is 0. The first-order valence-electron chi connectivity index (χ1n) is 3.32. The Labute approximate surface area is 71.0 Å². The molecule has 0 atom stereocenters. The van der Waals surface area contributed by atoms with Crippen molar-refractivity contribution < 1.29 is 0 Å². The Morgan fingerprint density at radius 1 is 1.45 bits per heavy atom. The summed E-state index contributed by atoms with van der Waals surface area (Å²) in [4.78, 5) is 1.05. The monoisotopic (exact) mass is 163 g/mol. The first-order valence-corrected chi connectivity index (χ1v) is 4.55. The molecule has 11 heavy (non-hydrogen) atoms. The van der Waals surface area contributed by atoms with Gasteiger partial charge < -0.3 is 0 Å². The fourth-order valence-electron chi connectivity index (χ4n) is 0.909. The summed E-state index contributed by atoms with van der Waals surface area (Å²) in [5.74, 6) is 0. The molecule has 0 heterocycles. The van der Waals surface area contributed by atoms with E-state index in [4.69, 9.17) is 5.26 Å². The van der Waals surface area contributed by atoms with Gasteiger partial charge in [-0.15, -0.1) is 11.8 Å². The van der Waals surface area contributed by atoms with E-state index in [1.165, 1.54) is 0 Å². The molecule has 0 unspecified atom stereocenters. The third kappa shape index (κ3) is 1.75. The lowest BCUT2D eigenvalue weighted by atomic mass is 10.2. The molecule has 1 rings (SSSR count). The molecule has 1 aromatic rings. The molecular weight excluding hydrogens is 154 g/mol. The molecular formula is C9H9NS. The molecule has 0 aliphatic carbocycles. The summed E-state index contributed by atoms with van der Waals surface area (Å²) in [5, 5.41) is 8.71. The third-order valence-electron chi connectivity index (χ3n) is 1.48. The minimum atomic E-state index is 0.775. The SMILES string of the molecule is CSc1ccc(C)cc1C#N. The van der Waals surface area contributed by atoms with E-state index in [2.05, 4.69) is 6.07 Å². The zero-order chi connectivity index (χ0) is 8.27. The molecule has 0 radical (unpaired) electrons. The zero-order valence-corrected chi connectivity index (χ0v) is 7.40. The van der Waals surface area contributed by atoms with Crippen LogP contribution in [0.1, 0.15) is 11.1 Å². The fourth-order valence-corrected chi connectivity index (χ4v) is 1.44. The first kappa shape index (κ1) is 8.16. The molecule has 1 aromatic carbocycles. The highest BCUT2D eigenvalue weighted by Gasteiger charge is 1.98.